The van der Waals surface area contributed by atoms with Crippen molar-refractivity contribution < 1.29 is 14.3 Å². The summed E-state index contributed by atoms with van der Waals surface area (Å²) in [6.45, 7) is 0. The number of hydrogen-bond acceptors (Lipinski definition) is 7. The lowest BCUT2D eigenvalue weighted by Gasteiger charge is -2.15. The molecule has 9 nitrogen and oxygen atoms in total. The third-order valence-electron chi connectivity index (χ3n) is 4.37. The van der Waals surface area contributed by atoms with Crippen LogP contribution >= 0.6 is 0 Å². The minimum absolute atomic E-state index is 0.265. The number of hydrogen-bond donors (Lipinski definition) is 2. The highest BCUT2D eigenvalue weighted by atomic mass is 16.5. The van der Waals surface area contributed by atoms with E-state index in [0.717, 1.165) is 5.56 Å². The SMILES string of the molecule is CN=c1cc(-c2ccc(OC)c(OC)c2)nc(Nc2ncccc2C(N)=O)n1C. The van der Waals surface area contributed by atoms with E-state index in [1.165, 1.54) is 0 Å². The lowest BCUT2D eigenvalue weighted by atomic mass is 10.1. The highest BCUT2D eigenvalue weighted by Crippen LogP contribution is 2.31. The van der Waals surface area contributed by atoms with Gasteiger partial charge in [0, 0.05) is 31.9 Å². The number of rotatable bonds is 6. The van der Waals surface area contributed by atoms with Crippen LogP contribution < -0.4 is 26.0 Å². The molecule has 1 aromatic carbocycles. The van der Waals surface area contributed by atoms with Gasteiger partial charge in [-0.1, -0.05) is 0 Å². The molecule has 0 spiro atoms. The standard InChI is InChI=1S/C20H22N6O3/c1-22-17-11-14(12-7-8-15(28-3)16(10-12)29-4)24-20(26(17)2)25-19-13(18(21)27)6-5-9-23-19/h5-11H,1-4H3,(H2,21,27)(H,23,24,25). The summed E-state index contributed by atoms with van der Waals surface area (Å²) in [5.41, 5.74) is 7.86. The Hall–Kier alpha value is -3.88. The smallest absolute Gasteiger partial charge is 0.252 e. The fourth-order valence-electron chi connectivity index (χ4n) is 2.83. The monoisotopic (exact) mass is 394 g/mol. The molecule has 29 heavy (non-hydrogen) atoms. The molecule has 150 valence electrons. The molecular formula is C20H22N6O3. The molecule has 3 aromatic rings. The molecule has 0 saturated carbocycles. The summed E-state index contributed by atoms with van der Waals surface area (Å²) >= 11 is 0. The van der Waals surface area contributed by atoms with Gasteiger partial charge in [-0.15, -0.1) is 0 Å². The summed E-state index contributed by atoms with van der Waals surface area (Å²) in [6, 6.07) is 10.6. The molecule has 0 fully saturated rings. The lowest BCUT2D eigenvalue weighted by molar-refractivity contribution is 0.100. The molecule has 3 N–H and O–H groups in total. The molecule has 9 heteroatoms. The van der Waals surface area contributed by atoms with Crippen molar-refractivity contribution in [2.24, 2.45) is 17.8 Å². The molecule has 2 aromatic heterocycles. The zero-order valence-corrected chi connectivity index (χ0v) is 16.6. The molecule has 0 aliphatic rings. The molecule has 2 heterocycles. The Balaban J connectivity index is 2.13. The van der Waals surface area contributed by atoms with Crippen LogP contribution in [-0.2, 0) is 7.05 Å². The minimum atomic E-state index is -0.584. The zero-order chi connectivity index (χ0) is 21.0. The second kappa shape index (κ2) is 8.42. The summed E-state index contributed by atoms with van der Waals surface area (Å²) in [7, 11) is 6.65. The first-order valence-corrected chi connectivity index (χ1v) is 8.73. The summed E-state index contributed by atoms with van der Waals surface area (Å²) in [4.78, 5) is 24.9. The molecule has 0 radical (unpaired) electrons. The van der Waals surface area contributed by atoms with Crippen molar-refractivity contribution in [1.82, 2.24) is 14.5 Å². The van der Waals surface area contributed by atoms with Gasteiger partial charge in [0.05, 0.1) is 25.5 Å². The van der Waals surface area contributed by atoms with Crippen LogP contribution in [-0.4, -0.2) is 41.7 Å². The van der Waals surface area contributed by atoms with Crippen molar-refractivity contribution in [2.45, 2.75) is 0 Å². The van der Waals surface area contributed by atoms with Crippen LogP contribution in [0.25, 0.3) is 11.3 Å². The molecule has 0 aliphatic carbocycles. The van der Waals surface area contributed by atoms with Crippen LogP contribution in [0, 0.1) is 0 Å². The number of ether oxygens (including phenoxy) is 2. The van der Waals surface area contributed by atoms with Crippen molar-refractivity contribution in [2.75, 3.05) is 26.6 Å². The minimum Gasteiger partial charge on any atom is -0.493 e. The average Bonchev–Trinajstić information content (AvgIpc) is 2.74. The highest BCUT2D eigenvalue weighted by molar-refractivity contribution is 5.97. The summed E-state index contributed by atoms with van der Waals surface area (Å²) in [5.74, 6) is 1.38. The number of primary amides is 1. The fourth-order valence-corrected chi connectivity index (χ4v) is 2.83. The molecular weight excluding hydrogens is 372 g/mol. The maximum atomic E-state index is 11.7. The van der Waals surface area contributed by atoms with Gasteiger partial charge in [-0.25, -0.2) is 9.97 Å². The second-order valence-electron chi connectivity index (χ2n) is 6.06. The Morgan fingerprint density at radius 1 is 1.17 bits per heavy atom. The molecule has 0 bridgehead atoms. The normalized spacial score (nSPS) is 11.2. The van der Waals surface area contributed by atoms with Gasteiger partial charge in [0.15, 0.2) is 11.5 Å². The van der Waals surface area contributed by atoms with Gasteiger partial charge >= 0.3 is 0 Å². The average molecular weight is 394 g/mol. The van der Waals surface area contributed by atoms with Crippen LogP contribution in [0.15, 0.2) is 47.6 Å². The Bertz CT molecular complexity index is 1120. The van der Waals surface area contributed by atoms with E-state index in [9.17, 15) is 4.79 Å². The number of anilines is 2. The Kier molecular flexibility index (Phi) is 5.77. The van der Waals surface area contributed by atoms with Gasteiger partial charge in [0.2, 0.25) is 5.95 Å². The summed E-state index contributed by atoms with van der Waals surface area (Å²) in [6.07, 6.45) is 1.57. The number of pyridine rings is 1. The molecule has 0 saturated heterocycles. The third-order valence-corrected chi connectivity index (χ3v) is 4.37. The largest absolute Gasteiger partial charge is 0.493 e. The van der Waals surface area contributed by atoms with Crippen molar-refractivity contribution in [3.05, 3.63) is 53.6 Å². The number of carbonyl (C=O) groups is 1. The van der Waals surface area contributed by atoms with Gasteiger partial charge in [-0.05, 0) is 30.3 Å². The number of carbonyl (C=O) groups excluding carboxylic acids is 1. The first kappa shape index (κ1) is 19.9. The van der Waals surface area contributed by atoms with Gasteiger partial charge < -0.3 is 20.5 Å². The van der Waals surface area contributed by atoms with Crippen molar-refractivity contribution in [3.8, 4) is 22.8 Å². The van der Waals surface area contributed by atoms with Crippen LogP contribution in [0.2, 0.25) is 0 Å². The quantitative estimate of drug-likeness (QED) is 0.659. The van der Waals surface area contributed by atoms with Crippen LogP contribution in [0.1, 0.15) is 10.4 Å². The zero-order valence-electron chi connectivity index (χ0n) is 16.6. The Morgan fingerprint density at radius 3 is 2.59 bits per heavy atom. The van der Waals surface area contributed by atoms with Crippen molar-refractivity contribution in [1.29, 1.82) is 0 Å². The van der Waals surface area contributed by atoms with Gasteiger partial charge in [-0.2, -0.15) is 0 Å². The molecule has 3 rings (SSSR count). The van der Waals surface area contributed by atoms with Crippen LogP contribution in [0.4, 0.5) is 11.8 Å². The predicted molar refractivity (Wildman–Crippen MR) is 109 cm³/mol. The topological polar surface area (TPSA) is 117 Å². The van der Waals surface area contributed by atoms with Crippen molar-refractivity contribution >= 4 is 17.7 Å². The van der Waals surface area contributed by atoms with Crippen LogP contribution in [0.5, 0.6) is 11.5 Å². The lowest BCUT2D eigenvalue weighted by Crippen LogP contribution is -2.23. The van der Waals surface area contributed by atoms with E-state index in [1.54, 1.807) is 44.2 Å². The highest BCUT2D eigenvalue weighted by Gasteiger charge is 2.14. The fraction of sp³-hybridized carbons (Fsp3) is 0.200. The molecule has 1 amide bonds. The van der Waals surface area contributed by atoms with E-state index in [0.29, 0.717) is 34.4 Å². The van der Waals surface area contributed by atoms with Gasteiger partial charge in [0.25, 0.3) is 5.91 Å². The maximum absolute atomic E-state index is 11.7. The Morgan fingerprint density at radius 2 is 1.93 bits per heavy atom. The molecule has 0 atom stereocenters. The number of amides is 1. The van der Waals surface area contributed by atoms with Gasteiger partial charge in [-0.3, -0.25) is 14.4 Å². The van der Waals surface area contributed by atoms with Gasteiger partial charge in [0.1, 0.15) is 11.3 Å². The molecule has 0 aliphatic heterocycles. The summed E-state index contributed by atoms with van der Waals surface area (Å²) < 4.78 is 12.4. The predicted octanol–water partition coefficient (Wildman–Crippen LogP) is 1.87. The van der Waals surface area contributed by atoms with E-state index in [2.05, 4.69) is 20.3 Å². The number of methoxy groups -OCH3 is 2. The molecule has 0 unspecified atom stereocenters. The number of nitrogens with two attached hydrogens (primary N) is 1. The van der Waals surface area contributed by atoms with Crippen LogP contribution in [0.3, 0.4) is 0 Å². The van der Waals surface area contributed by atoms with E-state index in [4.69, 9.17) is 15.2 Å². The first-order chi connectivity index (χ1) is 14.0. The van der Waals surface area contributed by atoms with E-state index >= 15 is 0 Å². The van der Waals surface area contributed by atoms with E-state index < -0.39 is 5.91 Å². The van der Waals surface area contributed by atoms with Crippen molar-refractivity contribution in [3.63, 3.8) is 0 Å². The summed E-state index contributed by atoms with van der Waals surface area (Å²) in [5, 5.41) is 3.08. The number of aromatic nitrogens is 3. The van der Waals surface area contributed by atoms with E-state index in [-0.39, 0.29) is 5.56 Å². The third kappa shape index (κ3) is 4.03. The number of nitrogens with zero attached hydrogens (tertiary/aromatic N) is 4. The number of nitrogens with one attached hydrogen (secondary N) is 1. The number of benzene rings is 1. The van der Waals surface area contributed by atoms with E-state index in [1.807, 2.05) is 31.3 Å². The first-order valence-electron chi connectivity index (χ1n) is 8.73. The Labute approximate surface area is 167 Å². The maximum Gasteiger partial charge on any atom is 0.252 e. The second-order valence-corrected chi connectivity index (χ2v) is 6.06.